The van der Waals surface area contributed by atoms with Crippen LogP contribution in [0, 0.1) is 5.82 Å². The van der Waals surface area contributed by atoms with Gasteiger partial charge >= 0.3 is 0 Å². The van der Waals surface area contributed by atoms with Crippen LogP contribution in [0.3, 0.4) is 0 Å². The molecule has 0 amide bonds. The molecule has 2 unspecified atom stereocenters. The zero-order chi connectivity index (χ0) is 12.1. The summed E-state index contributed by atoms with van der Waals surface area (Å²) in [6, 6.07) is -0.111. The second-order valence-corrected chi connectivity index (χ2v) is 4.91. The summed E-state index contributed by atoms with van der Waals surface area (Å²) in [4.78, 5) is 7.66. The van der Waals surface area contributed by atoms with E-state index in [4.69, 9.17) is 0 Å². The Bertz CT molecular complexity index is 388. The van der Waals surface area contributed by atoms with Crippen molar-refractivity contribution in [2.75, 3.05) is 29.7 Å². The maximum Gasteiger partial charge on any atom is 0.224 e. The molecule has 0 aromatic carbocycles. The summed E-state index contributed by atoms with van der Waals surface area (Å²) >= 11 is 0. The van der Waals surface area contributed by atoms with Crippen LogP contribution in [0.5, 0.6) is 0 Å². The summed E-state index contributed by atoms with van der Waals surface area (Å²) < 4.78 is 24.3. The predicted molar refractivity (Wildman–Crippen MR) is 63.6 cm³/mol. The molecule has 0 saturated heterocycles. The first-order valence-electron chi connectivity index (χ1n) is 4.79. The molecule has 0 fully saturated rings. The molecule has 0 aliphatic carbocycles. The molecule has 90 valence electrons. The first-order chi connectivity index (χ1) is 7.52. The van der Waals surface area contributed by atoms with Crippen LogP contribution >= 0.6 is 0 Å². The van der Waals surface area contributed by atoms with Gasteiger partial charge in [0.2, 0.25) is 5.95 Å². The van der Waals surface area contributed by atoms with E-state index in [-0.39, 0.29) is 11.9 Å². The first-order valence-corrected chi connectivity index (χ1v) is 6.52. The van der Waals surface area contributed by atoms with Crippen LogP contribution < -0.4 is 10.6 Å². The summed E-state index contributed by atoms with van der Waals surface area (Å²) in [6.45, 7) is 1.82. The first kappa shape index (κ1) is 12.8. The van der Waals surface area contributed by atoms with E-state index in [0.717, 1.165) is 6.20 Å². The number of nitrogens with one attached hydrogen (secondary N) is 2. The molecule has 5 nitrogen and oxygen atoms in total. The van der Waals surface area contributed by atoms with E-state index in [1.165, 1.54) is 0 Å². The molecular weight excluding hydrogens is 231 g/mol. The highest BCUT2D eigenvalue weighted by molar-refractivity contribution is 7.84. The average molecular weight is 246 g/mol. The fourth-order valence-corrected chi connectivity index (χ4v) is 2.00. The Morgan fingerprint density at radius 1 is 1.62 bits per heavy atom. The number of anilines is 2. The lowest BCUT2D eigenvalue weighted by molar-refractivity contribution is 0.614. The van der Waals surface area contributed by atoms with Gasteiger partial charge in [0.25, 0.3) is 0 Å². The third kappa shape index (κ3) is 3.73. The Morgan fingerprint density at radius 2 is 2.31 bits per heavy atom. The lowest BCUT2D eigenvalue weighted by atomic mass is 10.4. The fraction of sp³-hybridized carbons (Fsp3) is 0.556. The molecule has 1 aromatic heterocycles. The van der Waals surface area contributed by atoms with Crippen molar-refractivity contribution in [3.63, 3.8) is 0 Å². The predicted octanol–water partition coefficient (Wildman–Crippen LogP) is 0.836. The van der Waals surface area contributed by atoms with Gasteiger partial charge < -0.3 is 10.6 Å². The topological polar surface area (TPSA) is 66.9 Å². The molecule has 1 rings (SSSR count). The number of rotatable bonds is 5. The third-order valence-electron chi connectivity index (χ3n) is 1.84. The van der Waals surface area contributed by atoms with Crippen molar-refractivity contribution in [3.8, 4) is 0 Å². The Balaban J connectivity index is 2.75. The minimum atomic E-state index is -0.927. The third-order valence-corrected chi connectivity index (χ3v) is 2.80. The molecule has 0 spiro atoms. The SMILES string of the molecule is CNc1ncc(F)c(NC(C)CS(C)=O)n1. The number of aromatic nitrogens is 2. The summed E-state index contributed by atoms with van der Waals surface area (Å²) in [5.41, 5.74) is 0. The largest absolute Gasteiger partial charge is 0.364 e. The second kappa shape index (κ2) is 5.74. The van der Waals surface area contributed by atoms with Crippen LogP contribution in [0.4, 0.5) is 16.2 Å². The van der Waals surface area contributed by atoms with Gasteiger partial charge in [0.05, 0.1) is 6.20 Å². The van der Waals surface area contributed by atoms with Crippen molar-refractivity contribution in [1.82, 2.24) is 9.97 Å². The fourth-order valence-electron chi connectivity index (χ4n) is 1.22. The quantitative estimate of drug-likeness (QED) is 0.805. The highest BCUT2D eigenvalue weighted by Crippen LogP contribution is 2.12. The number of nitrogens with zero attached hydrogens (tertiary/aromatic N) is 2. The molecule has 1 heterocycles. The Morgan fingerprint density at radius 3 is 2.88 bits per heavy atom. The van der Waals surface area contributed by atoms with Crippen LogP contribution in [0.2, 0.25) is 0 Å². The van der Waals surface area contributed by atoms with Crippen LogP contribution in [0.15, 0.2) is 6.20 Å². The lowest BCUT2D eigenvalue weighted by Crippen LogP contribution is -2.23. The van der Waals surface area contributed by atoms with Gasteiger partial charge in [-0.3, -0.25) is 4.21 Å². The molecule has 0 aliphatic heterocycles. The lowest BCUT2D eigenvalue weighted by Gasteiger charge is -2.13. The maximum absolute atomic E-state index is 13.3. The van der Waals surface area contributed by atoms with Crippen molar-refractivity contribution in [3.05, 3.63) is 12.0 Å². The van der Waals surface area contributed by atoms with Gasteiger partial charge in [-0.25, -0.2) is 9.37 Å². The molecule has 0 radical (unpaired) electrons. The molecule has 2 atom stereocenters. The maximum atomic E-state index is 13.3. The van der Waals surface area contributed by atoms with E-state index in [0.29, 0.717) is 11.7 Å². The molecule has 0 bridgehead atoms. The van der Waals surface area contributed by atoms with Crippen molar-refractivity contribution >= 4 is 22.6 Å². The minimum Gasteiger partial charge on any atom is -0.364 e. The Hall–Kier alpha value is -1.24. The van der Waals surface area contributed by atoms with E-state index in [1.54, 1.807) is 13.3 Å². The highest BCUT2D eigenvalue weighted by atomic mass is 32.2. The molecule has 1 aromatic rings. The van der Waals surface area contributed by atoms with Gasteiger partial charge in [-0.2, -0.15) is 4.98 Å². The molecular formula is C9H15FN4OS. The molecule has 2 N–H and O–H groups in total. The average Bonchev–Trinajstić information content (AvgIpc) is 2.20. The van der Waals surface area contributed by atoms with Crippen molar-refractivity contribution in [1.29, 1.82) is 0 Å². The van der Waals surface area contributed by atoms with Gasteiger partial charge in [0.1, 0.15) is 0 Å². The van der Waals surface area contributed by atoms with E-state index >= 15 is 0 Å². The van der Waals surface area contributed by atoms with E-state index in [1.807, 2.05) is 6.92 Å². The van der Waals surface area contributed by atoms with E-state index in [9.17, 15) is 8.60 Å². The summed E-state index contributed by atoms with van der Waals surface area (Å²) in [5.74, 6) is 0.386. The summed E-state index contributed by atoms with van der Waals surface area (Å²) in [5, 5.41) is 5.58. The van der Waals surface area contributed by atoms with Crippen LogP contribution in [0.1, 0.15) is 6.92 Å². The number of halogens is 1. The standard InChI is InChI=1S/C9H15FN4OS/c1-6(5-16(3)15)13-8-7(10)4-12-9(11-2)14-8/h4,6H,5H2,1-3H3,(H2,11,12,13,14). The van der Waals surface area contributed by atoms with Crippen molar-refractivity contribution in [2.24, 2.45) is 0 Å². The van der Waals surface area contributed by atoms with E-state index in [2.05, 4.69) is 20.6 Å². The van der Waals surface area contributed by atoms with Crippen LogP contribution in [0.25, 0.3) is 0 Å². The van der Waals surface area contributed by atoms with Gasteiger partial charge in [0, 0.05) is 35.9 Å². The molecule has 7 heteroatoms. The zero-order valence-electron chi connectivity index (χ0n) is 9.45. The van der Waals surface area contributed by atoms with Gasteiger partial charge in [-0.05, 0) is 6.92 Å². The van der Waals surface area contributed by atoms with Gasteiger partial charge in [-0.15, -0.1) is 0 Å². The zero-order valence-corrected chi connectivity index (χ0v) is 10.3. The van der Waals surface area contributed by atoms with Crippen LogP contribution in [-0.2, 0) is 10.8 Å². The Kier molecular flexibility index (Phi) is 4.60. The molecule has 0 aliphatic rings. The minimum absolute atomic E-state index is 0.111. The monoisotopic (exact) mass is 246 g/mol. The Labute approximate surface area is 96.3 Å². The summed E-state index contributed by atoms with van der Waals surface area (Å²) in [6.07, 6.45) is 2.70. The van der Waals surface area contributed by atoms with Crippen LogP contribution in [-0.4, -0.2) is 39.3 Å². The van der Waals surface area contributed by atoms with Gasteiger partial charge in [0.15, 0.2) is 11.6 Å². The summed E-state index contributed by atoms with van der Waals surface area (Å²) in [7, 11) is 0.727. The number of hydrogen-bond donors (Lipinski definition) is 2. The van der Waals surface area contributed by atoms with E-state index < -0.39 is 16.6 Å². The number of hydrogen-bond acceptors (Lipinski definition) is 5. The molecule has 0 saturated carbocycles. The smallest absolute Gasteiger partial charge is 0.224 e. The van der Waals surface area contributed by atoms with Gasteiger partial charge in [-0.1, -0.05) is 0 Å². The second-order valence-electron chi connectivity index (χ2n) is 3.43. The highest BCUT2D eigenvalue weighted by Gasteiger charge is 2.10. The molecule has 16 heavy (non-hydrogen) atoms. The van der Waals surface area contributed by atoms with Crippen molar-refractivity contribution in [2.45, 2.75) is 13.0 Å². The normalized spacial score (nSPS) is 14.2. The van der Waals surface area contributed by atoms with Crippen molar-refractivity contribution < 1.29 is 8.60 Å².